The van der Waals surface area contributed by atoms with E-state index in [4.69, 9.17) is 0 Å². The Hall–Kier alpha value is -2.41. The molecule has 1 N–H and O–H groups in total. The van der Waals surface area contributed by atoms with E-state index in [0.717, 1.165) is 36.4 Å². The van der Waals surface area contributed by atoms with Crippen LogP contribution in [0.5, 0.6) is 0 Å². The number of nitrogens with one attached hydrogen (secondary N) is 1. The summed E-state index contributed by atoms with van der Waals surface area (Å²) >= 11 is 0. The van der Waals surface area contributed by atoms with Gasteiger partial charge in [0.1, 0.15) is 23.3 Å². The molecule has 0 spiro atoms. The van der Waals surface area contributed by atoms with Crippen LogP contribution in [-0.2, 0) is 11.3 Å². The molecule has 2 aromatic carbocycles. The molecular weight excluding hydrogens is 336 g/mol. The Bertz CT molecular complexity index is 746. The van der Waals surface area contributed by atoms with E-state index >= 15 is 0 Å². The average molecular weight is 354 g/mol. The zero-order chi connectivity index (χ0) is 18.6. The van der Waals surface area contributed by atoms with Gasteiger partial charge in [0.25, 0.3) is 0 Å². The Morgan fingerprint density at radius 2 is 1.68 bits per heavy atom. The third-order valence-electron chi connectivity index (χ3n) is 3.87. The summed E-state index contributed by atoms with van der Waals surface area (Å²) < 4.78 is 53.3. The van der Waals surface area contributed by atoms with E-state index < -0.39 is 35.2 Å². The molecule has 0 bridgehead atoms. The van der Waals surface area contributed by atoms with Crippen molar-refractivity contribution in [3.63, 3.8) is 0 Å². The SMILES string of the molecule is CC(c1cc(F)ccc1F)N(C)CC(=O)NCc1cc(F)cc(F)c1. The lowest BCUT2D eigenvalue weighted by Gasteiger charge is -2.25. The molecule has 7 heteroatoms. The molecule has 0 saturated carbocycles. The molecule has 0 radical (unpaired) electrons. The minimum Gasteiger partial charge on any atom is -0.351 e. The number of nitrogens with zero attached hydrogens (tertiary/aromatic N) is 1. The average Bonchev–Trinajstić information content (AvgIpc) is 2.53. The highest BCUT2D eigenvalue weighted by molar-refractivity contribution is 5.78. The fraction of sp³-hybridized carbons (Fsp3) is 0.278. The van der Waals surface area contributed by atoms with Crippen LogP contribution >= 0.6 is 0 Å². The summed E-state index contributed by atoms with van der Waals surface area (Å²) in [5.41, 5.74) is 0.431. The number of halogens is 4. The van der Waals surface area contributed by atoms with E-state index in [2.05, 4.69) is 5.32 Å². The number of likely N-dealkylation sites (N-methyl/N-ethyl adjacent to an activating group) is 1. The van der Waals surface area contributed by atoms with Gasteiger partial charge in [-0.15, -0.1) is 0 Å². The lowest BCUT2D eigenvalue weighted by molar-refractivity contribution is -0.122. The summed E-state index contributed by atoms with van der Waals surface area (Å²) in [6, 6.07) is 5.60. The summed E-state index contributed by atoms with van der Waals surface area (Å²) in [4.78, 5) is 13.5. The van der Waals surface area contributed by atoms with E-state index in [1.807, 2.05) is 0 Å². The summed E-state index contributed by atoms with van der Waals surface area (Å²) in [6.45, 7) is 1.52. The van der Waals surface area contributed by atoms with Crippen LogP contribution in [0.1, 0.15) is 24.1 Å². The van der Waals surface area contributed by atoms with Crippen LogP contribution < -0.4 is 5.32 Å². The second-order valence-corrected chi connectivity index (χ2v) is 5.81. The second kappa shape index (κ2) is 8.11. The number of hydrogen-bond acceptors (Lipinski definition) is 2. The van der Waals surface area contributed by atoms with Gasteiger partial charge in [-0.1, -0.05) is 0 Å². The van der Waals surface area contributed by atoms with Crippen molar-refractivity contribution in [2.24, 2.45) is 0 Å². The predicted octanol–water partition coefficient (Wildman–Crippen LogP) is 3.55. The van der Waals surface area contributed by atoms with E-state index in [1.54, 1.807) is 18.9 Å². The van der Waals surface area contributed by atoms with Gasteiger partial charge in [0.15, 0.2) is 0 Å². The van der Waals surface area contributed by atoms with E-state index in [9.17, 15) is 22.4 Å². The minimum absolute atomic E-state index is 0.0376. The van der Waals surface area contributed by atoms with Crippen molar-refractivity contribution in [3.8, 4) is 0 Å². The monoisotopic (exact) mass is 354 g/mol. The van der Waals surface area contributed by atoms with Crippen LogP contribution in [0.15, 0.2) is 36.4 Å². The smallest absolute Gasteiger partial charge is 0.234 e. The van der Waals surface area contributed by atoms with Gasteiger partial charge in [-0.05, 0) is 49.9 Å². The van der Waals surface area contributed by atoms with Crippen molar-refractivity contribution in [1.82, 2.24) is 10.2 Å². The number of amides is 1. The zero-order valence-corrected chi connectivity index (χ0v) is 13.8. The Balaban J connectivity index is 1.94. The summed E-state index contributed by atoms with van der Waals surface area (Å²) in [7, 11) is 1.59. The lowest BCUT2D eigenvalue weighted by Crippen LogP contribution is -2.36. The number of rotatable bonds is 6. The van der Waals surface area contributed by atoms with E-state index in [-0.39, 0.29) is 24.2 Å². The Morgan fingerprint density at radius 3 is 2.32 bits per heavy atom. The topological polar surface area (TPSA) is 32.3 Å². The first-order valence-corrected chi connectivity index (χ1v) is 7.63. The minimum atomic E-state index is -0.725. The van der Waals surface area contributed by atoms with E-state index in [0.29, 0.717) is 0 Å². The van der Waals surface area contributed by atoms with E-state index in [1.165, 1.54) is 0 Å². The molecule has 0 fully saturated rings. The van der Waals surface area contributed by atoms with Gasteiger partial charge in [0.2, 0.25) is 5.91 Å². The first kappa shape index (κ1) is 18.9. The highest BCUT2D eigenvalue weighted by Crippen LogP contribution is 2.22. The molecule has 25 heavy (non-hydrogen) atoms. The van der Waals surface area contributed by atoms with Crippen LogP contribution in [-0.4, -0.2) is 24.4 Å². The molecule has 134 valence electrons. The molecule has 0 aliphatic rings. The van der Waals surface area contributed by atoms with Crippen LogP contribution in [0.25, 0.3) is 0 Å². The summed E-state index contributed by atoms with van der Waals surface area (Å²) in [5.74, 6) is -2.98. The molecule has 1 atom stereocenters. The third-order valence-corrected chi connectivity index (χ3v) is 3.87. The van der Waals surface area contributed by atoms with Gasteiger partial charge in [-0.3, -0.25) is 9.69 Å². The van der Waals surface area contributed by atoms with Gasteiger partial charge in [0.05, 0.1) is 6.54 Å². The van der Waals surface area contributed by atoms with Gasteiger partial charge >= 0.3 is 0 Å². The maximum atomic E-state index is 13.8. The van der Waals surface area contributed by atoms with Crippen LogP contribution in [0.2, 0.25) is 0 Å². The zero-order valence-electron chi connectivity index (χ0n) is 13.8. The molecular formula is C18H18F4N2O. The second-order valence-electron chi connectivity index (χ2n) is 5.81. The highest BCUT2D eigenvalue weighted by atomic mass is 19.1. The Labute approximate surface area is 143 Å². The molecule has 0 heterocycles. The third kappa shape index (κ3) is 5.29. The first-order chi connectivity index (χ1) is 11.8. The molecule has 2 rings (SSSR count). The van der Waals surface area contributed by atoms with Crippen molar-refractivity contribution < 1.29 is 22.4 Å². The predicted molar refractivity (Wildman–Crippen MR) is 85.6 cm³/mol. The number of carbonyl (C=O) groups is 1. The van der Waals surface area contributed by atoms with Crippen molar-refractivity contribution in [1.29, 1.82) is 0 Å². The Kier molecular flexibility index (Phi) is 6.14. The van der Waals surface area contributed by atoms with Crippen LogP contribution in [0, 0.1) is 23.3 Å². The summed E-state index contributed by atoms with van der Waals surface area (Å²) in [6.07, 6.45) is 0. The van der Waals surface area contributed by atoms with Gasteiger partial charge in [-0.25, -0.2) is 17.6 Å². The van der Waals surface area contributed by atoms with Crippen molar-refractivity contribution in [3.05, 3.63) is 70.8 Å². The Morgan fingerprint density at radius 1 is 1.04 bits per heavy atom. The molecule has 1 amide bonds. The largest absolute Gasteiger partial charge is 0.351 e. The molecule has 0 aliphatic heterocycles. The number of hydrogen-bond donors (Lipinski definition) is 1. The molecule has 3 nitrogen and oxygen atoms in total. The van der Waals surface area contributed by atoms with Crippen LogP contribution in [0.4, 0.5) is 17.6 Å². The molecule has 1 unspecified atom stereocenters. The fourth-order valence-corrected chi connectivity index (χ4v) is 2.41. The maximum Gasteiger partial charge on any atom is 0.234 e. The summed E-state index contributed by atoms with van der Waals surface area (Å²) in [5, 5.41) is 2.53. The molecule has 2 aromatic rings. The van der Waals surface area contributed by atoms with Crippen LogP contribution in [0.3, 0.4) is 0 Å². The number of carbonyl (C=O) groups excluding carboxylic acids is 1. The van der Waals surface area contributed by atoms with Gasteiger partial charge < -0.3 is 5.32 Å². The van der Waals surface area contributed by atoms with Crippen molar-refractivity contribution in [2.75, 3.05) is 13.6 Å². The quantitative estimate of drug-likeness (QED) is 0.805. The molecule has 0 aliphatic carbocycles. The lowest BCUT2D eigenvalue weighted by atomic mass is 10.1. The fourth-order valence-electron chi connectivity index (χ4n) is 2.41. The molecule has 0 aromatic heterocycles. The first-order valence-electron chi connectivity index (χ1n) is 7.63. The normalized spacial score (nSPS) is 12.3. The van der Waals surface area contributed by atoms with Gasteiger partial charge in [-0.2, -0.15) is 0 Å². The highest BCUT2D eigenvalue weighted by Gasteiger charge is 2.18. The molecule has 0 saturated heterocycles. The van der Waals surface area contributed by atoms with Crippen molar-refractivity contribution >= 4 is 5.91 Å². The number of benzene rings is 2. The maximum absolute atomic E-state index is 13.8. The standard InChI is InChI=1S/C18H18F4N2O/c1-11(16-8-13(19)3-4-17(16)22)24(2)10-18(25)23-9-12-5-14(20)7-15(21)6-12/h3-8,11H,9-10H2,1-2H3,(H,23,25). The van der Waals surface area contributed by atoms with Gasteiger partial charge in [0, 0.05) is 24.2 Å². The van der Waals surface area contributed by atoms with Crippen molar-refractivity contribution in [2.45, 2.75) is 19.5 Å².